The van der Waals surface area contributed by atoms with Crippen LogP contribution in [0.15, 0.2) is 24.3 Å². The average Bonchev–Trinajstić information content (AvgIpc) is 2.41. The summed E-state index contributed by atoms with van der Waals surface area (Å²) in [6, 6.07) is 5.47. The van der Waals surface area contributed by atoms with Gasteiger partial charge < -0.3 is 15.2 Å². The molecule has 0 spiro atoms. The van der Waals surface area contributed by atoms with Crippen molar-refractivity contribution in [2.45, 2.75) is 12.4 Å². The average molecular weight is 327 g/mol. The number of piperazine rings is 1. The number of aliphatic hydroxyl groups excluding tert-OH is 1. The van der Waals surface area contributed by atoms with E-state index >= 15 is 0 Å². The monoisotopic (exact) mass is 326 g/mol. The fourth-order valence-corrected chi connectivity index (χ4v) is 2.38. The zero-order valence-corrected chi connectivity index (χ0v) is 12.1. The lowest BCUT2D eigenvalue weighted by Crippen LogP contribution is -2.46. The van der Waals surface area contributed by atoms with Crippen molar-refractivity contribution in [1.29, 1.82) is 0 Å². The van der Waals surface area contributed by atoms with Crippen molar-refractivity contribution in [3.8, 4) is 5.75 Å². The molecule has 1 heterocycles. The molecular weight excluding hydrogens is 309 g/mol. The van der Waals surface area contributed by atoms with E-state index in [1.54, 1.807) is 12.1 Å². The summed E-state index contributed by atoms with van der Waals surface area (Å²) in [6.45, 7) is 2.59. The van der Waals surface area contributed by atoms with E-state index in [-0.39, 0.29) is 24.8 Å². The summed E-state index contributed by atoms with van der Waals surface area (Å²) in [5.41, 5.74) is 0.356. The van der Waals surface area contributed by atoms with Gasteiger partial charge in [0.15, 0.2) is 0 Å². The number of para-hydroxylation sites is 1. The Bertz CT molecular complexity index is 440. The van der Waals surface area contributed by atoms with Gasteiger partial charge in [0.05, 0.1) is 12.6 Å². The van der Waals surface area contributed by atoms with Gasteiger partial charge in [-0.15, -0.1) is 25.6 Å². The summed E-state index contributed by atoms with van der Waals surface area (Å²) in [5, 5.41) is 12.7. The zero-order valence-electron chi connectivity index (χ0n) is 11.3. The molecule has 0 radical (unpaired) electrons. The summed E-state index contributed by atoms with van der Waals surface area (Å²) in [4.78, 5) is 1.95. The summed E-state index contributed by atoms with van der Waals surface area (Å²) >= 11 is 0. The number of benzene rings is 1. The van der Waals surface area contributed by atoms with Crippen molar-refractivity contribution >= 4 is 12.4 Å². The number of alkyl halides is 3. The number of hydrogen-bond acceptors (Lipinski definition) is 4. The van der Waals surface area contributed by atoms with Gasteiger partial charge in [-0.1, -0.05) is 18.2 Å². The molecule has 1 aromatic carbocycles. The van der Waals surface area contributed by atoms with Gasteiger partial charge in [-0.3, -0.25) is 4.90 Å². The summed E-state index contributed by atoms with van der Waals surface area (Å²) in [7, 11) is 0. The van der Waals surface area contributed by atoms with Crippen molar-refractivity contribution in [1.82, 2.24) is 10.2 Å². The Balaban J connectivity index is 0.00000220. The van der Waals surface area contributed by atoms with Gasteiger partial charge in [-0.2, -0.15) is 0 Å². The molecule has 0 aromatic heterocycles. The van der Waals surface area contributed by atoms with Crippen molar-refractivity contribution < 1.29 is 23.0 Å². The highest BCUT2D eigenvalue weighted by molar-refractivity contribution is 5.85. The summed E-state index contributed by atoms with van der Waals surface area (Å²) in [6.07, 6.45) is -4.74. The number of ether oxygens (including phenoxy) is 1. The van der Waals surface area contributed by atoms with E-state index in [0.717, 1.165) is 13.1 Å². The van der Waals surface area contributed by atoms with Gasteiger partial charge in [-0.05, 0) is 6.07 Å². The van der Waals surface area contributed by atoms with E-state index in [1.807, 2.05) is 4.90 Å². The minimum atomic E-state index is -4.74. The van der Waals surface area contributed by atoms with Crippen LogP contribution in [-0.2, 0) is 0 Å². The number of nitrogens with one attached hydrogen (secondary N) is 1. The Kier molecular flexibility index (Phi) is 6.73. The molecule has 1 aliphatic rings. The SMILES string of the molecule is Cl.OC[C@H](c1ccccc1OC(F)(F)F)N1CCNCC1. The number of nitrogens with zero attached hydrogens (tertiary/aromatic N) is 1. The van der Waals surface area contributed by atoms with Gasteiger partial charge in [-0.25, -0.2) is 0 Å². The molecular formula is C13H18ClF3N2O2. The molecule has 2 rings (SSSR count). The molecule has 0 amide bonds. The standard InChI is InChI=1S/C13H17F3N2O2.ClH/c14-13(15,16)20-12-4-2-1-3-10(12)11(9-19)18-7-5-17-6-8-18;/h1-4,11,17,19H,5-9H2;1H/t11-;/m1./s1. The zero-order chi connectivity index (χ0) is 14.6. The third kappa shape index (κ3) is 5.03. The maximum Gasteiger partial charge on any atom is 0.573 e. The third-order valence-corrected chi connectivity index (χ3v) is 3.27. The highest BCUT2D eigenvalue weighted by Crippen LogP contribution is 2.32. The number of rotatable bonds is 4. The third-order valence-electron chi connectivity index (χ3n) is 3.27. The van der Waals surface area contributed by atoms with Crippen molar-refractivity contribution in [2.24, 2.45) is 0 Å². The molecule has 0 saturated carbocycles. The van der Waals surface area contributed by atoms with E-state index in [1.165, 1.54) is 12.1 Å². The first-order chi connectivity index (χ1) is 9.51. The van der Waals surface area contributed by atoms with Gasteiger partial charge in [0.25, 0.3) is 0 Å². The van der Waals surface area contributed by atoms with Crippen LogP contribution >= 0.6 is 12.4 Å². The second kappa shape index (κ2) is 7.84. The number of hydrogen-bond donors (Lipinski definition) is 2. The molecule has 1 aliphatic heterocycles. The molecule has 2 N–H and O–H groups in total. The van der Waals surface area contributed by atoms with Crippen LogP contribution in [0, 0.1) is 0 Å². The predicted octanol–water partition coefficient (Wildman–Crippen LogP) is 1.95. The van der Waals surface area contributed by atoms with Gasteiger partial charge in [0.1, 0.15) is 5.75 Å². The lowest BCUT2D eigenvalue weighted by atomic mass is 10.0. The molecule has 1 saturated heterocycles. The largest absolute Gasteiger partial charge is 0.573 e. The maximum atomic E-state index is 12.4. The van der Waals surface area contributed by atoms with Gasteiger partial charge in [0, 0.05) is 31.7 Å². The highest BCUT2D eigenvalue weighted by atomic mass is 35.5. The second-order valence-corrected chi connectivity index (χ2v) is 4.57. The first-order valence-electron chi connectivity index (χ1n) is 6.41. The first kappa shape index (κ1) is 18.0. The molecule has 8 heteroatoms. The Morgan fingerprint density at radius 3 is 2.43 bits per heavy atom. The Labute approximate surface area is 127 Å². The number of aliphatic hydroxyl groups is 1. The lowest BCUT2D eigenvalue weighted by Gasteiger charge is -2.34. The van der Waals surface area contributed by atoms with Crippen LogP contribution in [0.1, 0.15) is 11.6 Å². The molecule has 1 fully saturated rings. The molecule has 21 heavy (non-hydrogen) atoms. The summed E-state index contributed by atoms with van der Waals surface area (Å²) in [5.74, 6) is -0.252. The van der Waals surface area contributed by atoms with E-state index in [0.29, 0.717) is 18.7 Å². The normalized spacial score (nSPS) is 17.9. The minimum Gasteiger partial charge on any atom is -0.405 e. The lowest BCUT2D eigenvalue weighted by molar-refractivity contribution is -0.275. The fourth-order valence-electron chi connectivity index (χ4n) is 2.38. The molecule has 1 atom stereocenters. The molecule has 120 valence electrons. The quantitative estimate of drug-likeness (QED) is 0.887. The fraction of sp³-hybridized carbons (Fsp3) is 0.538. The number of halogens is 4. The van der Waals surface area contributed by atoms with Crippen LogP contribution in [0.5, 0.6) is 5.75 Å². The van der Waals surface area contributed by atoms with Crippen LogP contribution in [0.3, 0.4) is 0 Å². The molecule has 0 unspecified atom stereocenters. The van der Waals surface area contributed by atoms with Crippen LogP contribution < -0.4 is 10.1 Å². The van der Waals surface area contributed by atoms with E-state index < -0.39 is 12.4 Å². The Hall–Kier alpha value is -1.02. The van der Waals surface area contributed by atoms with Crippen molar-refractivity contribution in [3.63, 3.8) is 0 Å². The topological polar surface area (TPSA) is 44.7 Å². The molecule has 0 aliphatic carbocycles. The minimum absolute atomic E-state index is 0. The maximum absolute atomic E-state index is 12.4. The highest BCUT2D eigenvalue weighted by Gasteiger charge is 2.33. The Morgan fingerprint density at radius 1 is 1.24 bits per heavy atom. The van der Waals surface area contributed by atoms with Crippen LogP contribution in [0.4, 0.5) is 13.2 Å². The van der Waals surface area contributed by atoms with Crippen LogP contribution in [0.25, 0.3) is 0 Å². The van der Waals surface area contributed by atoms with E-state index in [4.69, 9.17) is 0 Å². The van der Waals surface area contributed by atoms with Crippen LogP contribution in [-0.4, -0.2) is 49.2 Å². The van der Waals surface area contributed by atoms with Crippen molar-refractivity contribution in [3.05, 3.63) is 29.8 Å². The van der Waals surface area contributed by atoms with E-state index in [9.17, 15) is 18.3 Å². The van der Waals surface area contributed by atoms with Crippen LogP contribution in [0.2, 0.25) is 0 Å². The summed E-state index contributed by atoms with van der Waals surface area (Å²) < 4.78 is 41.3. The molecule has 4 nitrogen and oxygen atoms in total. The van der Waals surface area contributed by atoms with Gasteiger partial charge >= 0.3 is 6.36 Å². The van der Waals surface area contributed by atoms with Gasteiger partial charge in [0.2, 0.25) is 0 Å². The van der Waals surface area contributed by atoms with E-state index in [2.05, 4.69) is 10.1 Å². The first-order valence-corrected chi connectivity index (χ1v) is 6.41. The second-order valence-electron chi connectivity index (χ2n) is 4.57. The smallest absolute Gasteiger partial charge is 0.405 e. The molecule has 1 aromatic rings. The Morgan fingerprint density at radius 2 is 1.86 bits per heavy atom. The predicted molar refractivity (Wildman–Crippen MR) is 74.6 cm³/mol. The van der Waals surface area contributed by atoms with Crippen molar-refractivity contribution in [2.75, 3.05) is 32.8 Å². The molecule has 0 bridgehead atoms.